The van der Waals surface area contributed by atoms with E-state index in [-0.39, 0.29) is 11.9 Å². The van der Waals surface area contributed by atoms with Crippen LogP contribution in [-0.4, -0.2) is 10.5 Å². The number of rotatable bonds is 7. The molecule has 1 unspecified atom stereocenters. The molecule has 0 spiro atoms. The van der Waals surface area contributed by atoms with Crippen molar-refractivity contribution in [3.63, 3.8) is 0 Å². The fourth-order valence-corrected chi connectivity index (χ4v) is 3.37. The summed E-state index contributed by atoms with van der Waals surface area (Å²) < 4.78 is 2.07. The summed E-state index contributed by atoms with van der Waals surface area (Å²) in [6, 6.07) is 18.5. The lowest BCUT2D eigenvalue weighted by Gasteiger charge is -2.16. The monoisotopic (exact) mass is 371 g/mol. The van der Waals surface area contributed by atoms with Crippen LogP contribution < -0.4 is 5.32 Å². The lowest BCUT2D eigenvalue weighted by Crippen LogP contribution is -2.26. The Morgan fingerprint density at radius 3 is 2.68 bits per heavy atom. The Morgan fingerprint density at radius 2 is 1.96 bits per heavy atom. The number of nitrogens with zero attached hydrogens (tertiary/aromatic N) is 2. The molecule has 0 aliphatic rings. The zero-order valence-electron chi connectivity index (χ0n) is 16.4. The van der Waals surface area contributed by atoms with Gasteiger partial charge in [-0.2, -0.15) is 5.26 Å². The van der Waals surface area contributed by atoms with Gasteiger partial charge in [0.2, 0.25) is 5.91 Å². The highest BCUT2D eigenvalue weighted by Gasteiger charge is 2.11. The van der Waals surface area contributed by atoms with Crippen LogP contribution in [0, 0.1) is 18.3 Å². The largest absolute Gasteiger partial charge is 0.346 e. The Morgan fingerprint density at radius 1 is 1.21 bits per heavy atom. The van der Waals surface area contributed by atoms with Crippen molar-refractivity contribution in [2.75, 3.05) is 0 Å². The number of carbonyl (C=O) groups excluding carboxylic acids is 1. The van der Waals surface area contributed by atoms with Crippen molar-refractivity contribution in [2.45, 2.75) is 39.3 Å². The zero-order chi connectivity index (χ0) is 19.9. The first-order valence-electron chi connectivity index (χ1n) is 9.62. The highest BCUT2D eigenvalue weighted by atomic mass is 16.1. The number of aryl methyl sites for hydroxylation is 2. The molecule has 4 nitrogen and oxygen atoms in total. The third-order valence-corrected chi connectivity index (χ3v) is 4.90. The topological polar surface area (TPSA) is 57.8 Å². The Bertz CT molecular complexity index is 1020. The van der Waals surface area contributed by atoms with Crippen LogP contribution in [-0.2, 0) is 11.3 Å². The fourth-order valence-electron chi connectivity index (χ4n) is 3.37. The molecule has 0 saturated carbocycles. The van der Waals surface area contributed by atoms with E-state index in [1.165, 1.54) is 5.56 Å². The second-order valence-corrected chi connectivity index (χ2v) is 6.92. The molecule has 0 aliphatic heterocycles. The molecule has 142 valence electrons. The molecule has 2 aromatic carbocycles. The summed E-state index contributed by atoms with van der Waals surface area (Å²) in [5.41, 5.74) is 4.37. The molecule has 1 heterocycles. The van der Waals surface area contributed by atoms with Gasteiger partial charge in [0.25, 0.3) is 0 Å². The quantitative estimate of drug-likeness (QED) is 0.584. The van der Waals surface area contributed by atoms with Gasteiger partial charge in [-0.3, -0.25) is 4.79 Å². The Balaban J connectivity index is 1.76. The van der Waals surface area contributed by atoms with Gasteiger partial charge in [-0.25, -0.2) is 0 Å². The van der Waals surface area contributed by atoms with Gasteiger partial charge in [0.05, 0.1) is 18.5 Å². The summed E-state index contributed by atoms with van der Waals surface area (Å²) in [5.74, 6) is -0.110. The molecular weight excluding hydrogens is 346 g/mol. The molecule has 1 atom stereocenters. The van der Waals surface area contributed by atoms with Crippen molar-refractivity contribution in [1.82, 2.24) is 9.88 Å². The summed E-state index contributed by atoms with van der Waals surface area (Å²) in [7, 11) is 0. The summed E-state index contributed by atoms with van der Waals surface area (Å²) >= 11 is 0. The van der Waals surface area contributed by atoms with Crippen LogP contribution in [0.15, 0.2) is 60.8 Å². The van der Waals surface area contributed by atoms with Gasteiger partial charge in [0, 0.05) is 35.3 Å². The predicted octanol–water partition coefficient (Wildman–Crippen LogP) is 5.14. The zero-order valence-corrected chi connectivity index (χ0v) is 16.4. The minimum atomic E-state index is -0.110. The number of carbonyl (C=O) groups is 1. The standard InChI is InChI=1S/C24H25N3O/c1-3-22(19-11-9-18(2)10-12-19)26-24(28)14-13-20-17-27(16-6-15-25)23-8-5-4-7-21(20)23/h4-5,7-14,17,22H,3,6,16H2,1-2H3,(H,26,28)/b14-13+. The van der Waals surface area contributed by atoms with Crippen molar-refractivity contribution in [2.24, 2.45) is 0 Å². The van der Waals surface area contributed by atoms with E-state index < -0.39 is 0 Å². The van der Waals surface area contributed by atoms with E-state index in [2.05, 4.69) is 54.1 Å². The fraction of sp³-hybridized carbons (Fsp3) is 0.250. The predicted molar refractivity (Wildman–Crippen MR) is 114 cm³/mol. The molecule has 0 bridgehead atoms. The first kappa shape index (κ1) is 19.4. The van der Waals surface area contributed by atoms with E-state index in [1.54, 1.807) is 6.08 Å². The number of hydrogen-bond donors (Lipinski definition) is 1. The minimum absolute atomic E-state index is 0.00489. The van der Waals surface area contributed by atoms with Crippen LogP contribution in [0.4, 0.5) is 0 Å². The molecule has 0 aliphatic carbocycles. The number of nitrogens with one attached hydrogen (secondary N) is 1. The van der Waals surface area contributed by atoms with Crippen LogP contribution in [0.3, 0.4) is 0 Å². The van der Waals surface area contributed by atoms with Gasteiger partial charge in [0.1, 0.15) is 0 Å². The van der Waals surface area contributed by atoms with Crippen molar-refractivity contribution in [3.05, 3.63) is 77.5 Å². The van der Waals surface area contributed by atoms with Crippen LogP contribution >= 0.6 is 0 Å². The van der Waals surface area contributed by atoms with Gasteiger partial charge in [0.15, 0.2) is 0 Å². The van der Waals surface area contributed by atoms with Gasteiger partial charge in [-0.1, -0.05) is 55.0 Å². The molecule has 1 amide bonds. The molecule has 1 N–H and O–H groups in total. The number of nitriles is 1. The van der Waals surface area contributed by atoms with Crippen molar-refractivity contribution in [3.8, 4) is 6.07 Å². The van der Waals surface area contributed by atoms with E-state index in [1.807, 2.05) is 36.5 Å². The van der Waals surface area contributed by atoms with Gasteiger partial charge >= 0.3 is 0 Å². The molecule has 3 aromatic rings. The van der Waals surface area contributed by atoms with Gasteiger partial charge in [-0.15, -0.1) is 0 Å². The van der Waals surface area contributed by atoms with E-state index in [0.29, 0.717) is 13.0 Å². The maximum absolute atomic E-state index is 12.5. The number of amides is 1. The highest BCUT2D eigenvalue weighted by Crippen LogP contribution is 2.23. The average Bonchev–Trinajstić information content (AvgIpc) is 3.07. The molecule has 28 heavy (non-hydrogen) atoms. The molecule has 4 heteroatoms. The van der Waals surface area contributed by atoms with E-state index in [9.17, 15) is 4.79 Å². The summed E-state index contributed by atoms with van der Waals surface area (Å²) in [5, 5.41) is 13.0. The molecule has 0 fully saturated rings. The highest BCUT2D eigenvalue weighted by molar-refractivity contribution is 5.96. The van der Waals surface area contributed by atoms with E-state index in [4.69, 9.17) is 5.26 Å². The maximum atomic E-state index is 12.5. The minimum Gasteiger partial charge on any atom is -0.346 e. The van der Waals surface area contributed by atoms with E-state index in [0.717, 1.165) is 28.5 Å². The lowest BCUT2D eigenvalue weighted by molar-refractivity contribution is -0.117. The van der Waals surface area contributed by atoms with Crippen LogP contribution in [0.1, 0.15) is 42.5 Å². The maximum Gasteiger partial charge on any atom is 0.244 e. The molecule has 0 saturated heterocycles. The molecule has 0 radical (unpaired) electrons. The number of fused-ring (bicyclic) bond motifs is 1. The summed E-state index contributed by atoms with van der Waals surface area (Å²) in [6.07, 6.45) is 6.73. The van der Waals surface area contributed by atoms with Crippen LogP contribution in [0.5, 0.6) is 0 Å². The normalized spacial score (nSPS) is 12.2. The first-order chi connectivity index (χ1) is 13.6. The number of hydrogen-bond acceptors (Lipinski definition) is 2. The van der Waals surface area contributed by atoms with Crippen molar-refractivity contribution < 1.29 is 4.79 Å². The molecular formula is C24H25N3O. The number of benzene rings is 2. The first-order valence-corrected chi connectivity index (χ1v) is 9.62. The Hall–Kier alpha value is -3.32. The third kappa shape index (κ3) is 4.50. The van der Waals surface area contributed by atoms with Crippen LogP contribution in [0.25, 0.3) is 17.0 Å². The molecule has 1 aromatic heterocycles. The molecule has 3 rings (SSSR count). The third-order valence-electron chi connectivity index (χ3n) is 4.90. The smallest absolute Gasteiger partial charge is 0.244 e. The lowest BCUT2D eigenvalue weighted by atomic mass is 10.0. The van der Waals surface area contributed by atoms with Gasteiger partial charge in [-0.05, 0) is 31.1 Å². The number of para-hydroxylation sites is 1. The Kier molecular flexibility index (Phi) is 6.29. The second kappa shape index (κ2) is 9.05. The second-order valence-electron chi connectivity index (χ2n) is 6.92. The Labute approximate surface area is 166 Å². The van der Waals surface area contributed by atoms with Crippen molar-refractivity contribution in [1.29, 1.82) is 5.26 Å². The SMILES string of the molecule is CCC(NC(=O)/C=C/c1cn(CCC#N)c2ccccc12)c1ccc(C)cc1. The number of aromatic nitrogens is 1. The summed E-state index contributed by atoms with van der Waals surface area (Å²) in [4.78, 5) is 12.5. The van der Waals surface area contributed by atoms with Crippen LogP contribution in [0.2, 0.25) is 0 Å². The average molecular weight is 371 g/mol. The van der Waals surface area contributed by atoms with Gasteiger partial charge < -0.3 is 9.88 Å². The van der Waals surface area contributed by atoms with Crippen molar-refractivity contribution >= 4 is 22.9 Å². The van der Waals surface area contributed by atoms with E-state index >= 15 is 0 Å². The summed E-state index contributed by atoms with van der Waals surface area (Å²) in [6.45, 7) is 4.76.